The fourth-order valence-electron chi connectivity index (χ4n) is 2.28. The third-order valence-electron chi connectivity index (χ3n) is 3.36. The van der Waals surface area contributed by atoms with Crippen molar-refractivity contribution in [2.24, 2.45) is 0 Å². The predicted molar refractivity (Wildman–Crippen MR) is 86.9 cm³/mol. The molecule has 0 atom stereocenters. The summed E-state index contributed by atoms with van der Waals surface area (Å²) in [6, 6.07) is 9.07. The second kappa shape index (κ2) is 5.58. The van der Waals surface area contributed by atoms with Crippen LogP contribution in [-0.2, 0) is 17.8 Å². The number of anilines is 2. The number of fused-ring (bicyclic) bond motifs is 1. The van der Waals surface area contributed by atoms with Crippen LogP contribution in [0.5, 0.6) is 5.75 Å². The highest BCUT2D eigenvalue weighted by Gasteiger charge is 2.19. The first-order valence-electron chi connectivity index (χ1n) is 6.37. The Balaban J connectivity index is 1.81. The summed E-state index contributed by atoms with van der Waals surface area (Å²) in [5, 5.41) is 16.4. The molecular formula is C15H12BrClN2O2. The smallest absolute Gasteiger partial charge is 0.228 e. The molecule has 0 fully saturated rings. The SMILES string of the molecule is O=C1Cc2cc(NCc3cccc(Br)c3O)c(Cl)cc2N1. The van der Waals surface area contributed by atoms with Gasteiger partial charge in [-0.25, -0.2) is 0 Å². The van der Waals surface area contributed by atoms with E-state index in [0.29, 0.717) is 22.5 Å². The lowest BCUT2D eigenvalue weighted by molar-refractivity contribution is -0.115. The molecule has 0 bridgehead atoms. The number of rotatable bonds is 3. The number of hydrogen-bond acceptors (Lipinski definition) is 3. The molecule has 4 nitrogen and oxygen atoms in total. The molecule has 1 amide bonds. The highest BCUT2D eigenvalue weighted by Crippen LogP contribution is 2.34. The van der Waals surface area contributed by atoms with Gasteiger partial charge in [0.05, 0.1) is 21.6 Å². The molecule has 21 heavy (non-hydrogen) atoms. The molecule has 0 spiro atoms. The van der Waals surface area contributed by atoms with Crippen LogP contribution in [-0.4, -0.2) is 11.0 Å². The number of para-hydroxylation sites is 1. The Morgan fingerprint density at radius 2 is 2.19 bits per heavy atom. The lowest BCUT2D eigenvalue weighted by Gasteiger charge is -2.12. The molecule has 3 rings (SSSR count). The van der Waals surface area contributed by atoms with Crippen molar-refractivity contribution in [2.45, 2.75) is 13.0 Å². The van der Waals surface area contributed by atoms with Crippen LogP contribution in [0.1, 0.15) is 11.1 Å². The number of phenols is 1. The highest BCUT2D eigenvalue weighted by atomic mass is 79.9. The maximum Gasteiger partial charge on any atom is 0.228 e. The first kappa shape index (κ1) is 14.2. The van der Waals surface area contributed by atoms with E-state index in [2.05, 4.69) is 26.6 Å². The van der Waals surface area contributed by atoms with Gasteiger partial charge >= 0.3 is 0 Å². The van der Waals surface area contributed by atoms with Crippen molar-refractivity contribution in [3.05, 3.63) is 51.0 Å². The first-order valence-corrected chi connectivity index (χ1v) is 7.54. The fourth-order valence-corrected chi connectivity index (χ4v) is 2.91. The monoisotopic (exact) mass is 366 g/mol. The number of phenolic OH excluding ortho intramolecular Hbond substituents is 1. The van der Waals surface area contributed by atoms with Crippen molar-refractivity contribution >= 4 is 44.8 Å². The molecule has 0 unspecified atom stereocenters. The van der Waals surface area contributed by atoms with E-state index in [1.807, 2.05) is 18.2 Å². The zero-order valence-electron chi connectivity index (χ0n) is 10.9. The van der Waals surface area contributed by atoms with Gasteiger partial charge in [0.2, 0.25) is 5.91 Å². The number of carbonyl (C=O) groups is 1. The van der Waals surface area contributed by atoms with Gasteiger partial charge in [0.25, 0.3) is 0 Å². The predicted octanol–water partition coefficient (Wildman–Crippen LogP) is 3.91. The lowest BCUT2D eigenvalue weighted by atomic mass is 10.1. The molecule has 0 radical (unpaired) electrons. The average Bonchev–Trinajstić information content (AvgIpc) is 2.79. The van der Waals surface area contributed by atoms with Crippen LogP contribution in [0.3, 0.4) is 0 Å². The van der Waals surface area contributed by atoms with Crippen molar-refractivity contribution in [3.8, 4) is 5.75 Å². The molecule has 1 heterocycles. The van der Waals surface area contributed by atoms with Crippen LogP contribution in [0.2, 0.25) is 5.02 Å². The minimum absolute atomic E-state index is 0.0251. The van der Waals surface area contributed by atoms with Crippen molar-refractivity contribution in [1.29, 1.82) is 0 Å². The fraction of sp³-hybridized carbons (Fsp3) is 0.133. The molecule has 0 saturated carbocycles. The number of nitrogens with one attached hydrogen (secondary N) is 2. The third kappa shape index (κ3) is 2.84. The van der Waals surface area contributed by atoms with Gasteiger partial charge in [-0.2, -0.15) is 0 Å². The van der Waals surface area contributed by atoms with E-state index in [-0.39, 0.29) is 11.7 Å². The molecule has 1 aliphatic rings. The van der Waals surface area contributed by atoms with Gasteiger partial charge in [-0.05, 0) is 39.7 Å². The van der Waals surface area contributed by atoms with Crippen LogP contribution < -0.4 is 10.6 Å². The Morgan fingerprint density at radius 3 is 3.00 bits per heavy atom. The summed E-state index contributed by atoms with van der Waals surface area (Å²) in [4.78, 5) is 11.4. The zero-order chi connectivity index (χ0) is 15.0. The number of halogens is 2. The van der Waals surface area contributed by atoms with E-state index in [4.69, 9.17) is 11.6 Å². The van der Waals surface area contributed by atoms with Gasteiger partial charge in [0.15, 0.2) is 0 Å². The van der Waals surface area contributed by atoms with E-state index in [1.54, 1.807) is 12.1 Å². The molecule has 0 aliphatic carbocycles. The van der Waals surface area contributed by atoms with Crippen LogP contribution in [0.15, 0.2) is 34.8 Å². The number of hydrogen-bond donors (Lipinski definition) is 3. The summed E-state index contributed by atoms with van der Waals surface area (Å²) >= 11 is 9.49. The number of amides is 1. The molecule has 1 aliphatic heterocycles. The Kier molecular flexibility index (Phi) is 3.78. The van der Waals surface area contributed by atoms with E-state index in [9.17, 15) is 9.90 Å². The van der Waals surface area contributed by atoms with Crippen LogP contribution in [0, 0.1) is 0 Å². The lowest BCUT2D eigenvalue weighted by Crippen LogP contribution is -2.03. The van der Waals surface area contributed by atoms with Gasteiger partial charge in [0.1, 0.15) is 5.75 Å². The van der Waals surface area contributed by atoms with Crippen molar-refractivity contribution in [2.75, 3.05) is 10.6 Å². The van der Waals surface area contributed by atoms with Crippen molar-refractivity contribution in [1.82, 2.24) is 0 Å². The van der Waals surface area contributed by atoms with Gasteiger partial charge in [-0.3, -0.25) is 4.79 Å². The van der Waals surface area contributed by atoms with Gasteiger partial charge < -0.3 is 15.7 Å². The zero-order valence-corrected chi connectivity index (χ0v) is 13.3. The standard InChI is InChI=1S/C15H12BrClN2O2/c16-10-3-1-2-8(15(10)21)7-18-13-4-9-5-14(20)19-12(9)6-11(13)17/h1-4,6,18,21H,5,7H2,(H,19,20). The first-order chi connectivity index (χ1) is 10.0. The van der Waals surface area contributed by atoms with Crippen LogP contribution in [0.25, 0.3) is 0 Å². The summed E-state index contributed by atoms with van der Waals surface area (Å²) in [6.07, 6.45) is 0.364. The Hall–Kier alpha value is -1.72. The molecule has 3 N–H and O–H groups in total. The topological polar surface area (TPSA) is 61.4 Å². The largest absolute Gasteiger partial charge is 0.506 e. The van der Waals surface area contributed by atoms with Crippen molar-refractivity contribution in [3.63, 3.8) is 0 Å². The summed E-state index contributed by atoms with van der Waals surface area (Å²) in [5.74, 6) is 0.182. The van der Waals surface area contributed by atoms with Crippen molar-refractivity contribution < 1.29 is 9.90 Å². The third-order valence-corrected chi connectivity index (χ3v) is 4.31. The van der Waals surface area contributed by atoms with E-state index in [0.717, 1.165) is 22.5 Å². The van der Waals surface area contributed by atoms with Gasteiger partial charge in [0, 0.05) is 17.8 Å². The van der Waals surface area contributed by atoms with Gasteiger partial charge in [-0.1, -0.05) is 23.7 Å². The van der Waals surface area contributed by atoms with Crippen LogP contribution >= 0.6 is 27.5 Å². The molecular weight excluding hydrogens is 356 g/mol. The summed E-state index contributed by atoms with van der Waals surface area (Å²) in [5.41, 5.74) is 3.19. The summed E-state index contributed by atoms with van der Waals surface area (Å²) < 4.78 is 0.650. The normalized spacial score (nSPS) is 13.0. The molecule has 6 heteroatoms. The number of benzene rings is 2. The van der Waals surface area contributed by atoms with Gasteiger partial charge in [-0.15, -0.1) is 0 Å². The second-order valence-corrected chi connectivity index (χ2v) is 6.08. The van der Waals surface area contributed by atoms with E-state index in [1.165, 1.54) is 0 Å². The Labute approximate surface area is 135 Å². The maximum absolute atomic E-state index is 11.4. The maximum atomic E-state index is 11.4. The number of aromatic hydroxyl groups is 1. The summed E-state index contributed by atoms with van der Waals surface area (Å²) in [6.45, 7) is 0.436. The van der Waals surface area contributed by atoms with E-state index < -0.39 is 0 Å². The molecule has 2 aromatic rings. The second-order valence-electron chi connectivity index (χ2n) is 4.82. The van der Waals surface area contributed by atoms with E-state index >= 15 is 0 Å². The molecule has 0 saturated heterocycles. The average molecular weight is 368 g/mol. The van der Waals surface area contributed by atoms with Crippen LogP contribution in [0.4, 0.5) is 11.4 Å². The Morgan fingerprint density at radius 1 is 1.38 bits per heavy atom. The minimum atomic E-state index is -0.0251. The molecule has 2 aromatic carbocycles. The molecule has 108 valence electrons. The molecule has 0 aromatic heterocycles. The summed E-state index contributed by atoms with van der Waals surface area (Å²) in [7, 11) is 0. The quantitative estimate of drug-likeness (QED) is 0.770. The number of carbonyl (C=O) groups excluding carboxylic acids is 1. The minimum Gasteiger partial charge on any atom is -0.506 e. The Bertz CT molecular complexity index is 734. The highest BCUT2D eigenvalue weighted by molar-refractivity contribution is 9.10.